The quantitative estimate of drug-likeness (QED) is 0.492. The van der Waals surface area contributed by atoms with Crippen LogP contribution in [-0.4, -0.2) is 25.2 Å². The first-order valence-corrected chi connectivity index (χ1v) is 6.72. The summed E-state index contributed by atoms with van der Waals surface area (Å²) in [4.78, 5) is 16.1. The van der Waals surface area contributed by atoms with Crippen LogP contribution in [0, 0.1) is 10.1 Å². The fraction of sp³-hybridized carbons (Fsp3) is 0.133. The zero-order valence-electron chi connectivity index (χ0n) is 12.0. The van der Waals surface area contributed by atoms with Crippen molar-refractivity contribution in [2.24, 2.45) is 4.99 Å². The van der Waals surface area contributed by atoms with Crippen molar-refractivity contribution >= 4 is 34.9 Å². The maximum Gasteiger partial charge on any atom is 0.263 e. The van der Waals surface area contributed by atoms with Gasteiger partial charge in [0.25, 0.3) is 5.69 Å². The van der Waals surface area contributed by atoms with Crippen LogP contribution in [-0.2, 0) is 0 Å². The predicted octanol–water partition coefficient (Wildman–Crippen LogP) is 3.14. The zero-order valence-corrected chi connectivity index (χ0v) is 12.7. The molecule has 0 radical (unpaired) electrons. The molecule has 0 bridgehead atoms. The van der Waals surface area contributed by atoms with E-state index >= 15 is 0 Å². The molecule has 0 N–H and O–H groups in total. The van der Waals surface area contributed by atoms with Crippen LogP contribution in [0.15, 0.2) is 41.4 Å². The monoisotopic (exact) mass is 318 g/mol. The van der Waals surface area contributed by atoms with Crippen LogP contribution >= 0.6 is 11.6 Å². The molecule has 0 spiro atoms. The highest BCUT2D eigenvalue weighted by Crippen LogP contribution is 2.30. The molecule has 0 atom stereocenters. The van der Waals surface area contributed by atoms with Crippen molar-refractivity contribution in [1.29, 1.82) is 0 Å². The Balaban J connectivity index is 2.32. The molecular formula is C15H13ClN3O3-. The van der Waals surface area contributed by atoms with Crippen molar-refractivity contribution in [2.75, 3.05) is 19.0 Å². The van der Waals surface area contributed by atoms with Crippen molar-refractivity contribution in [3.8, 4) is 5.75 Å². The number of benzene rings is 2. The van der Waals surface area contributed by atoms with Crippen molar-refractivity contribution < 1.29 is 10.0 Å². The molecule has 0 aliphatic heterocycles. The predicted molar refractivity (Wildman–Crippen MR) is 85.6 cm³/mol. The van der Waals surface area contributed by atoms with Crippen molar-refractivity contribution in [1.82, 2.24) is 0 Å². The molecule has 6 nitrogen and oxygen atoms in total. The third-order valence-electron chi connectivity index (χ3n) is 2.98. The Morgan fingerprint density at radius 3 is 2.41 bits per heavy atom. The summed E-state index contributed by atoms with van der Waals surface area (Å²) in [5.41, 5.74) is 1.17. The summed E-state index contributed by atoms with van der Waals surface area (Å²) in [5.74, 6) is -0.705. The van der Waals surface area contributed by atoms with E-state index in [1.54, 1.807) is 12.1 Å². The molecule has 7 heteroatoms. The Bertz CT molecular complexity index is 728. The Morgan fingerprint density at radius 1 is 1.23 bits per heavy atom. The second-order valence-electron chi connectivity index (χ2n) is 4.77. The van der Waals surface area contributed by atoms with Crippen LogP contribution in [0.2, 0.25) is 5.02 Å². The van der Waals surface area contributed by atoms with E-state index < -0.39 is 16.4 Å². The lowest BCUT2D eigenvalue weighted by Gasteiger charge is -2.12. The van der Waals surface area contributed by atoms with Gasteiger partial charge in [0.2, 0.25) is 0 Å². The van der Waals surface area contributed by atoms with Gasteiger partial charge in [-0.3, -0.25) is 15.1 Å². The average molecular weight is 319 g/mol. The topological polar surface area (TPSA) is 81.8 Å². The van der Waals surface area contributed by atoms with Crippen LogP contribution in [0.5, 0.6) is 5.75 Å². The van der Waals surface area contributed by atoms with Crippen molar-refractivity contribution in [3.05, 3.63) is 57.1 Å². The molecule has 22 heavy (non-hydrogen) atoms. The number of hydrogen-bond acceptors (Lipinski definition) is 5. The zero-order chi connectivity index (χ0) is 16.3. The van der Waals surface area contributed by atoms with Gasteiger partial charge in [-0.2, -0.15) is 0 Å². The van der Waals surface area contributed by atoms with Crippen LogP contribution in [0.25, 0.3) is 0 Å². The largest absolute Gasteiger partial charge is 0.867 e. The fourth-order valence-corrected chi connectivity index (χ4v) is 2.03. The molecule has 2 aromatic rings. The van der Waals surface area contributed by atoms with Crippen molar-refractivity contribution in [3.63, 3.8) is 0 Å². The van der Waals surface area contributed by atoms with Gasteiger partial charge < -0.3 is 10.0 Å². The summed E-state index contributed by atoms with van der Waals surface area (Å²) >= 11 is 5.79. The van der Waals surface area contributed by atoms with E-state index in [2.05, 4.69) is 4.99 Å². The molecule has 2 rings (SSSR count). The molecule has 0 saturated heterocycles. The SMILES string of the molecule is CN(C)c1ccc(N=Cc2cc(Cl)cc([N+](=O)[O-])c2[O-])cc1. The summed E-state index contributed by atoms with van der Waals surface area (Å²) in [7, 11) is 3.85. The minimum Gasteiger partial charge on any atom is -0.867 e. The maximum atomic E-state index is 11.9. The van der Waals surface area contributed by atoms with Gasteiger partial charge in [-0.1, -0.05) is 11.6 Å². The van der Waals surface area contributed by atoms with Crippen molar-refractivity contribution in [2.45, 2.75) is 0 Å². The van der Waals surface area contributed by atoms with Crippen LogP contribution in [0.4, 0.5) is 17.1 Å². The van der Waals surface area contributed by atoms with Gasteiger partial charge in [0.15, 0.2) is 0 Å². The molecule has 0 aliphatic carbocycles. The van der Waals surface area contributed by atoms with E-state index in [9.17, 15) is 15.2 Å². The summed E-state index contributed by atoms with van der Waals surface area (Å²) in [5, 5.41) is 22.8. The standard InChI is InChI=1S/C15H14ClN3O3/c1-18(2)13-5-3-12(4-6-13)17-9-10-7-11(16)8-14(15(10)20)19(21)22/h3-9,20H,1-2H3/p-1. The summed E-state index contributed by atoms with van der Waals surface area (Å²) in [6.07, 6.45) is 1.28. The molecule has 0 amide bonds. The molecule has 2 aromatic carbocycles. The number of anilines is 1. The first-order chi connectivity index (χ1) is 10.4. The molecule has 0 heterocycles. The van der Waals surface area contributed by atoms with Crippen LogP contribution in [0.3, 0.4) is 0 Å². The van der Waals surface area contributed by atoms with Gasteiger partial charge >= 0.3 is 0 Å². The third kappa shape index (κ3) is 3.53. The lowest BCUT2D eigenvalue weighted by molar-refractivity contribution is -0.398. The number of nitro benzene ring substituents is 1. The van der Waals surface area contributed by atoms with Gasteiger partial charge in [-0.05, 0) is 41.6 Å². The van der Waals surface area contributed by atoms with Gasteiger partial charge in [-0.25, -0.2) is 0 Å². The van der Waals surface area contributed by atoms with E-state index in [1.807, 2.05) is 31.1 Å². The second kappa shape index (κ2) is 6.44. The smallest absolute Gasteiger partial charge is 0.263 e. The molecule has 0 aliphatic rings. The van der Waals surface area contributed by atoms with Crippen LogP contribution < -0.4 is 10.0 Å². The van der Waals surface area contributed by atoms with E-state index in [-0.39, 0.29) is 10.6 Å². The number of hydrogen-bond donors (Lipinski definition) is 0. The molecule has 0 aromatic heterocycles. The number of nitrogens with zero attached hydrogens (tertiary/aromatic N) is 3. The molecule has 0 fully saturated rings. The minimum absolute atomic E-state index is 0.0795. The number of nitro groups is 1. The third-order valence-corrected chi connectivity index (χ3v) is 3.20. The first-order valence-electron chi connectivity index (χ1n) is 6.35. The Hall–Kier alpha value is -2.60. The molecular weight excluding hydrogens is 306 g/mol. The summed E-state index contributed by atoms with van der Waals surface area (Å²) in [6.45, 7) is 0. The minimum atomic E-state index is -0.753. The normalized spacial score (nSPS) is 10.9. The lowest BCUT2D eigenvalue weighted by Crippen LogP contribution is -2.07. The highest BCUT2D eigenvalue weighted by molar-refractivity contribution is 6.31. The summed E-state index contributed by atoms with van der Waals surface area (Å²) in [6, 6.07) is 9.72. The maximum absolute atomic E-state index is 11.9. The molecule has 0 saturated carbocycles. The number of halogens is 1. The van der Waals surface area contributed by atoms with E-state index in [4.69, 9.17) is 11.6 Å². The highest BCUT2D eigenvalue weighted by Gasteiger charge is 2.11. The van der Waals surface area contributed by atoms with Gasteiger partial charge in [-0.15, -0.1) is 0 Å². The highest BCUT2D eigenvalue weighted by atomic mass is 35.5. The van der Waals surface area contributed by atoms with E-state index in [1.165, 1.54) is 12.3 Å². The lowest BCUT2D eigenvalue weighted by atomic mass is 10.2. The van der Waals surface area contributed by atoms with Gasteiger partial charge in [0.05, 0.1) is 10.6 Å². The van der Waals surface area contributed by atoms with E-state index in [0.29, 0.717) is 5.69 Å². The number of aliphatic imine (C=N–C) groups is 1. The van der Waals surface area contributed by atoms with E-state index in [0.717, 1.165) is 11.8 Å². The summed E-state index contributed by atoms with van der Waals surface area (Å²) < 4.78 is 0. The average Bonchev–Trinajstić information content (AvgIpc) is 2.47. The fourth-order valence-electron chi connectivity index (χ4n) is 1.81. The molecule has 114 valence electrons. The Labute approximate surface area is 132 Å². The first kappa shape index (κ1) is 15.8. The van der Waals surface area contributed by atoms with Gasteiger partial charge in [0.1, 0.15) is 0 Å². The van der Waals surface area contributed by atoms with Crippen LogP contribution in [0.1, 0.15) is 5.56 Å². The second-order valence-corrected chi connectivity index (χ2v) is 5.21. The van der Waals surface area contributed by atoms with Gasteiger partial charge in [0, 0.05) is 37.1 Å². The Morgan fingerprint density at radius 2 is 1.86 bits per heavy atom. The Kier molecular flexibility index (Phi) is 4.62. The molecule has 0 unspecified atom stereocenters. The number of rotatable bonds is 4.